The Kier molecular flexibility index (Phi) is 2.41. The van der Waals surface area contributed by atoms with Crippen molar-refractivity contribution in [3.63, 3.8) is 0 Å². The molecule has 3 nitrogen and oxygen atoms in total. The molecule has 1 heterocycles. The van der Waals surface area contributed by atoms with Crippen LogP contribution in [0.4, 0.5) is 5.82 Å². The van der Waals surface area contributed by atoms with E-state index < -0.39 is 0 Å². The van der Waals surface area contributed by atoms with Crippen molar-refractivity contribution in [3.8, 4) is 11.5 Å². The highest BCUT2D eigenvalue weighted by molar-refractivity contribution is 6.33. The Balaban J connectivity index is 2.44. The molecule has 0 aliphatic rings. The fourth-order valence-corrected chi connectivity index (χ4v) is 1.36. The van der Waals surface area contributed by atoms with Gasteiger partial charge in [-0.2, -0.15) is 4.98 Å². The van der Waals surface area contributed by atoms with E-state index in [-0.39, 0.29) is 0 Å². The van der Waals surface area contributed by atoms with Crippen LogP contribution >= 0.6 is 11.6 Å². The monoisotopic (exact) mass is 208 g/mol. The van der Waals surface area contributed by atoms with Gasteiger partial charge >= 0.3 is 0 Å². The SMILES string of the molecule is CNc1coc(-c2ccccc2Cl)n1. The van der Waals surface area contributed by atoms with Crippen molar-refractivity contribution in [1.82, 2.24) is 4.98 Å². The van der Waals surface area contributed by atoms with Crippen LogP contribution in [-0.4, -0.2) is 12.0 Å². The predicted molar refractivity (Wildman–Crippen MR) is 56.5 cm³/mol. The molecule has 1 aromatic carbocycles. The fourth-order valence-electron chi connectivity index (χ4n) is 1.15. The fraction of sp³-hybridized carbons (Fsp3) is 0.100. The van der Waals surface area contributed by atoms with Gasteiger partial charge in [0, 0.05) is 7.05 Å². The van der Waals surface area contributed by atoms with Crippen LogP contribution < -0.4 is 5.32 Å². The van der Waals surface area contributed by atoms with Gasteiger partial charge in [0.1, 0.15) is 6.26 Å². The maximum atomic E-state index is 5.99. The van der Waals surface area contributed by atoms with E-state index in [4.69, 9.17) is 16.0 Å². The molecule has 0 spiro atoms. The van der Waals surface area contributed by atoms with Crippen molar-refractivity contribution >= 4 is 17.4 Å². The van der Waals surface area contributed by atoms with Crippen molar-refractivity contribution in [3.05, 3.63) is 35.6 Å². The van der Waals surface area contributed by atoms with E-state index in [2.05, 4.69) is 10.3 Å². The zero-order valence-electron chi connectivity index (χ0n) is 7.62. The largest absolute Gasteiger partial charge is 0.442 e. The Morgan fingerprint density at radius 2 is 2.14 bits per heavy atom. The van der Waals surface area contributed by atoms with E-state index in [1.165, 1.54) is 0 Å². The molecule has 0 saturated heterocycles. The summed E-state index contributed by atoms with van der Waals surface area (Å²) < 4.78 is 5.26. The van der Waals surface area contributed by atoms with E-state index in [1.807, 2.05) is 18.2 Å². The molecule has 0 aliphatic heterocycles. The highest BCUT2D eigenvalue weighted by Gasteiger charge is 2.08. The van der Waals surface area contributed by atoms with Gasteiger partial charge in [0.25, 0.3) is 0 Å². The third kappa shape index (κ3) is 1.59. The molecule has 1 N–H and O–H groups in total. The number of benzene rings is 1. The molecule has 4 heteroatoms. The number of nitrogens with zero attached hydrogens (tertiary/aromatic N) is 1. The van der Waals surface area contributed by atoms with E-state index in [0.717, 1.165) is 5.56 Å². The van der Waals surface area contributed by atoms with Gasteiger partial charge in [-0.15, -0.1) is 0 Å². The van der Waals surface area contributed by atoms with Crippen LogP contribution in [0.3, 0.4) is 0 Å². The van der Waals surface area contributed by atoms with E-state index in [0.29, 0.717) is 16.7 Å². The number of oxazole rings is 1. The maximum absolute atomic E-state index is 5.99. The Hall–Kier alpha value is -1.48. The number of halogens is 1. The van der Waals surface area contributed by atoms with Crippen molar-refractivity contribution in [2.24, 2.45) is 0 Å². The minimum atomic E-state index is 0.528. The molecule has 0 fully saturated rings. The molecule has 0 saturated carbocycles. The Bertz CT molecular complexity index is 439. The van der Waals surface area contributed by atoms with E-state index in [9.17, 15) is 0 Å². The van der Waals surface area contributed by atoms with E-state index in [1.54, 1.807) is 19.4 Å². The lowest BCUT2D eigenvalue weighted by atomic mass is 10.2. The lowest BCUT2D eigenvalue weighted by Crippen LogP contribution is -1.87. The number of nitrogens with one attached hydrogen (secondary N) is 1. The molecule has 0 bridgehead atoms. The van der Waals surface area contributed by atoms with Crippen LogP contribution in [0.15, 0.2) is 34.9 Å². The highest BCUT2D eigenvalue weighted by Crippen LogP contribution is 2.27. The second-order valence-corrected chi connectivity index (χ2v) is 3.17. The standard InChI is InChI=1S/C10H9ClN2O/c1-12-9-6-14-10(13-9)7-4-2-3-5-8(7)11/h2-6,12H,1H3. The van der Waals surface area contributed by atoms with Crippen LogP contribution in [0.2, 0.25) is 5.02 Å². The van der Waals surface area contributed by atoms with Crippen LogP contribution in [0.1, 0.15) is 0 Å². The average molecular weight is 209 g/mol. The summed E-state index contributed by atoms with van der Waals surface area (Å²) in [6.45, 7) is 0. The second kappa shape index (κ2) is 3.72. The van der Waals surface area contributed by atoms with Crippen LogP contribution in [0.25, 0.3) is 11.5 Å². The van der Waals surface area contributed by atoms with Crippen LogP contribution in [0.5, 0.6) is 0 Å². The van der Waals surface area contributed by atoms with E-state index >= 15 is 0 Å². The van der Waals surface area contributed by atoms with Gasteiger partial charge in [0.2, 0.25) is 5.89 Å². The zero-order valence-corrected chi connectivity index (χ0v) is 8.38. The van der Waals surface area contributed by atoms with Gasteiger partial charge in [-0.1, -0.05) is 23.7 Å². The first-order chi connectivity index (χ1) is 6.81. The van der Waals surface area contributed by atoms with Gasteiger partial charge < -0.3 is 9.73 Å². The molecule has 0 amide bonds. The molecule has 0 atom stereocenters. The number of hydrogen-bond acceptors (Lipinski definition) is 3. The molecule has 0 unspecified atom stereocenters. The average Bonchev–Trinajstić information content (AvgIpc) is 2.67. The lowest BCUT2D eigenvalue weighted by Gasteiger charge is -1.96. The summed E-state index contributed by atoms with van der Waals surface area (Å²) in [6, 6.07) is 7.44. The number of hydrogen-bond donors (Lipinski definition) is 1. The maximum Gasteiger partial charge on any atom is 0.229 e. The van der Waals surface area contributed by atoms with Crippen molar-refractivity contribution < 1.29 is 4.42 Å². The highest BCUT2D eigenvalue weighted by atomic mass is 35.5. The first kappa shape index (κ1) is 9.09. The third-order valence-electron chi connectivity index (χ3n) is 1.86. The third-order valence-corrected chi connectivity index (χ3v) is 2.19. The number of rotatable bonds is 2. The Morgan fingerprint density at radius 3 is 2.79 bits per heavy atom. The first-order valence-electron chi connectivity index (χ1n) is 4.19. The smallest absolute Gasteiger partial charge is 0.229 e. The second-order valence-electron chi connectivity index (χ2n) is 2.77. The minimum absolute atomic E-state index is 0.528. The molecule has 0 radical (unpaired) electrons. The van der Waals surface area contributed by atoms with Crippen LogP contribution in [0, 0.1) is 0 Å². The molecule has 0 aliphatic carbocycles. The molecule has 2 rings (SSSR count). The normalized spacial score (nSPS) is 10.1. The van der Waals surface area contributed by atoms with Gasteiger partial charge in [-0.05, 0) is 12.1 Å². The molecule has 72 valence electrons. The van der Waals surface area contributed by atoms with Crippen molar-refractivity contribution in [2.75, 3.05) is 12.4 Å². The quantitative estimate of drug-likeness (QED) is 0.825. The molecule has 1 aromatic heterocycles. The first-order valence-corrected chi connectivity index (χ1v) is 4.57. The van der Waals surface area contributed by atoms with Gasteiger partial charge in [0.15, 0.2) is 5.82 Å². The minimum Gasteiger partial charge on any atom is -0.442 e. The van der Waals surface area contributed by atoms with Crippen molar-refractivity contribution in [1.29, 1.82) is 0 Å². The van der Waals surface area contributed by atoms with Crippen molar-refractivity contribution in [2.45, 2.75) is 0 Å². The van der Waals surface area contributed by atoms with Crippen LogP contribution in [-0.2, 0) is 0 Å². The predicted octanol–water partition coefficient (Wildman–Crippen LogP) is 3.04. The number of anilines is 1. The lowest BCUT2D eigenvalue weighted by molar-refractivity contribution is 0.575. The summed E-state index contributed by atoms with van der Waals surface area (Å²) in [5, 5.41) is 3.52. The van der Waals surface area contributed by atoms with Gasteiger partial charge in [0.05, 0.1) is 10.6 Å². The zero-order chi connectivity index (χ0) is 9.97. The molecule has 14 heavy (non-hydrogen) atoms. The topological polar surface area (TPSA) is 38.1 Å². The van der Waals surface area contributed by atoms with Gasteiger partial charge in [-0.3, -0.25) is 0 Å². The molecule has 2 aromatic rings. The summed E-state index contributed by atoms with van der Waals surface area (Å²) in [6.07, 6.45) is 1.55. The number of aromatic nitrogens is 1. The summed E-state index contributed by atoms with van der Waals surface area (Å²) in [5.41, 5.74) is 0.802. The summed E-state index contributed by atoms with van der Waals surface area (Å²) in [7, 11) is 1.79. The Morgan fingerprint density at radius 1 is 1.36 bits per heavy atom. The Labute approximate surface area is 86.7 Å². The van der Waals surface area contributed by atoms with Gasteiger partial charge in [-0.25, -0.2) is 0 Å². The molecular formula is C10H9ClN2O. The summed E-state index contributed by atoms with van der Waals surface area (Å²) in [5.74, 6) is 1.22. The summed E-state index contributed by atoms with van der Waals surface area (Å²) >= 11 is 5.99. The molecular weight excluding hydrogens is 200 g/mol. The summed E-state index contributed by atoms with van der Waals surface area (Å²) in [4.78, 5) is 4.20.